The van der Waals surface area contributed by atoms with E-state index in [9.17, 15) is 18.0 Å². The first-order valence-electron chi connectivity index (χ1n) is 6.44. The minimum atomic E-state index is -4.49. The summed E-state index contributed by atoms with van der Waals surface area (Å²) < 4.78 is 37.6. The minimum absolute atomic E-state index is 0.113. The average molecular weight is 287 g/mol. The number of rotatable bonds is 1. The Labute approximate surface area is 115 Å². The largest absolute Gasteiger partial charge is 0.433 e. The van der Waals surface area contributed by atoms with Crippen molar-refractivity contribution in [1.29, 1.82) is 0 Å². The zero-order chi connectivity index (χ0) is 14.8. The molecule has 7 heteroatoms. The molecule has 0 unspecified atom stereocenters. The molecule has 20 heavy (non-hydrogen) atoms. The van der Waals surface area contributed by atoms with Crippen LogP contribution in [0.25, 0.3) is 0 Å². The zero-order valence-electron chi connectivity index (χ0n) is 11.1. The lowest BCUT2D eigenvalue weighted by Gasteiger charge is -2.21. The van der Waals surface area contributed by atoms with Gasteiger partial charge in [0.15, 0.2) is 0 Å². The molecule has 0 aromatic carbocycles. The van der Waals surface area contributed by atoms with Crippen molar-refractivity contribution >= 4 is 5.91 Å². The Balaban J connectivity index is 2.22. The highest BCUT2D eigenvalue weighted by Crippen LogP contribution is 2.28. The molecule has 2 rings (SSSR count). The van der Waals surface area contributed by atoms with Crippen molar-refractivity contribution in [3.8, 4) is 0 Å². The third-order valence-corrected chi connectivity index (χ3v) is 3.23. The number of pyridine rings is 1. The van der Waals surface area contributed by atoms with Gasteiger partial charge in [0.2, 0.25) is 0 Å². The van der Waals surface area contributed by atoms with Crippen molar-refractivity contribution in [3.05, 3.63) is 29.1 Å². The van der Waals surface area contributed by atoms with E-state index in [4.69, 9.17) is 0 Å². The highest BCUT2D eigenvalue weighted by atomic mass is 19.4. The maximum atomic E-state index is 12.5. The summed E-state index contributed by atoms with van der Waals surface area (Å²) >= 11 is 0. The number of alkyl halides is 3. The number of aryl methyl sites for hydroxylation is 1. The minimum Gasteiger partial charge on any atom is -0.337 e. The van der Waals surface area contributed by atoms with Crippen LogP contribution < -0.4 is 5.32 Å². The lowest BCUT2D eigenvalue weighted by Crippen LogP contribution is -2.34. The summed E-state index contributed by atoms with van der Waals surface area (Å²) in [5, 5.41) is 3.17. The Hall–Kier alpha value is -1.63. The molecule has 1 aliphatic heterocycles. The third kappa shape index (κ3) is 3.27. The van der Waals surface area contributed by atoms with Gasteiger partial charge in [-0.15, -0.1) is 0 Å². The monoisotopic (exact) mass is 287 g/mol. The van der Waals surface area contributed by atoms with Crippen molar-refractivity contribution in [3.63, 3.8) is 0 Å². The first-order chi connectivity index (χ1) is 9.39. The lowest BCUT2D eigenvalue weighted by atomic mass is 10.1. The van der Waals surface area contributed by atoms with Gasteiger partial charge in [0.05, 0.1) is 11.3 Å². The number of carbonyl (C=O) groups excluding carboxylic acids is 1. The number of nitrogens with one attached hydrogen (secondary N) is 1. The predicted molar refractivity (Wildman–Crippen MR) is 67.4 cm³/mol. The standard InChI is InChI=1S/C13H16F3N3O/c1-9-10(3-4-11(18-9)13(14,15)16)12(20)19-7-2-5-17-6-8-19/h3-4,17H,2,5-8H2,1H3. The predicted octanol–water partition coefficient (Wildman–Crippen LogP) is 1.84. The SMILES string of the molecule is Cc1nc(C(F)(F)F)ccc1C(=O)N1CCCNCC1. The van der Waals surface area contributed by atoms with E-state index in [1.807, 2.05) is 0 Å². The molecule has 2 heterocycles. The van der Waals surface area contributed by atoms with E-state index in [0.717, 1.165) is 19.0 Å². The highest BCUT2D eigenvalue weighted by molar-refractivity contribution is 5.95. The summed E-state index contributed by atoms with van der Waals surface area (Å²) in [4.78, 5) is 17.5. The van der Waals surface area contributed by atoms with Crippen LogP contribution in [0.1, 0.15) is 28.2 Å². The van der Waals surface area contributed by atoms with Crippen LogP contribution in [-0.4, -0.2) is 42.0 Å². The van der Waals surface area contributed by atoms with Gasteiger partial charge in [0, 0.05) is 19.6 Å². The molecule has 1 saturated heterocycles. The topological polar surface area (TPSA) is 45.2 Å². The van der Waals surface area contributed by atoms with Crippen LogP contribution in [-0.2, 0) is 6.18 Å². The van der Waals surface area contributed by atoms with Gasteiger partial charge in [-0.1, -0.05) is 0 Å². The van der Waals surface area contributed by atoms with Crippen LogP contribution in [0.3, 0.4) is 0 Å². The fraction of sp³-hybridized carbons (Fsp3) is 0.538. The van der Waals surface area contributed by atoms with E-state index in [0.29, 0.717) is 19.6 Å². The fourth-order valence-corrected chi connectivity index (χ4v) is 2.16. The second-order valence-electron chi connectivity index (χ2n) is 4.72. The molecule has 4 nitrogen and oxygen atoms in total. The lowest BCUT2D eigenvalue weighted by molar-refractivity contribution is -0.141. The Morgan fingerprint density at radius 3 is 2.70 bits per heavy atom. The van der Waals surface area contributed by atoms with E-state index in [1.165, 1.54) is 13.0 Å². The number of hydrogen-bond acceptors (Lipinski definition) is 3. The molecule has 0 bridgehead atoms. The molecule has 1 aromatic heterocycles. The molecule has 1 aromatic rings. The maximum Gasteiger partial charge on any atom is 0.433 e. The van der Waals surface area contributed by atoms with Crippen LogP contribution in [0, 0.1) is 6.92 Å². The van der Waals surface area contributed by atoms with E-state index in [1.54, 1.807) is 4.90 Å². The molecule has 0 radical (unpaired) electrons. The Kier molecular flexibility index (Phi) is 4.27. The molecule has 0 atom stereocenters. The van der Waals surface area contributed by atoms with Crippen LogP contribution in [0.2, 0.25) is 0 Å². The molecule has 110 valence electrons. The maximum absolute atomic E-state index is 12.5. The summed E-state index contributed by atoms with van der Waals surface area (Å²) in [6.07, 6.45) is -3.66. The Morgan fingerprint density at radius 2 is 2.05 bits per heavy atom. The second kappa shape index (κ2) is 5.78. The van der Waals surface area contributed by atoms with Crippen molar-refractivity contribution in [2.24, 2.45) is 0 Å². The Bertz CT molecular complexity index is 494. The summed E-state index contributed by atoms with van der Waals surface area (Å²) in [6, 6.07) is 2.07. The molecule has 1 N–H and O–H groups in total. The zero-order valence-corrected chi connectivity index (χ0v) is 11.1. The van der Waals surface area contributed by atoms with Crippen molar-refractivity contribution in [2.45, 2.75) is 19.5 Å². The molecule has 0 aliphatic carbocycles. The summed E-state index contributed by atoms with van der Waals surface area (Å²) in [6.45, 7) is 4.12. The van der Waals surface area contributed by atoms with Gasteiger partial charge in [-0.25, -0.2) is 4.98 Å². The van der Waals surface area contributed by atoms with Gasteiger partial charge in [0.1, 0.15) is 5.69 Å². The van der Waals surface area contributed by atoms with Gasteiger partial charge in [-0.2, -0.15) is 13.2 Å². The molecule has 0 spiro atoms. The fourth-order valence-electron chi connectivity index (χ4n) is 2.16. The van der Waals surface area contributed by atoms with Gasteiger partial charge < -0.3 is 10.2 Å². The second-order valence-corrected chi connectivity index (χ2v) is 4.72. The van der Waals surface area contributed by atoms with Crippen LogP contribution >= 0.6 is 0 Å². The average Bonchev–Trinajstić information content (AvgIpc) is 2.65. The summed E-state index contributed by atoms with van der Waals surface area (Å²) in [5.74, 6) is -0.257. The number of aromatic nitrogens is 1. The van der Waals surface area contributed by atoms with Crippen molar-refractivity contribution < 1.29 is 18.0 Å². The molecule has 0 saturated carbocycles. The van der Waals surface area contributed by atoms with Gasteiger partial charge in [-0.05, 0) is 32.0 Å². The van der Waals surface area contributed by atoms with Crippen LogP contribution in [0.15, 0.2) is 12.1 Å². The quantitative estimate of drug-likeness (QED) is 0.857. The number of nitrogens with zero attached hydrogens (tertiary/aromatic N) is 2. The number of carbonyl (C=O) groups is 1. The van der Waals surface area contributed by atoms with E-state index in [-0.39, 0.29) is 17.2 Å². The summed E-state index contributed by atoms with van der Waals surface area (Å²) in [7, 11) is 0. The first kappa shape index (κ1) is 14.8. The molecular formula is C13H16F3N3O. The van der Waals surface area contributed by atoms with Gasteiger partial charge in [-0.3, -0.25) is 4.79 Å². The molecule has 1 aliphatic rings. The molecular weight excluding hydrogens is 271 g/mol. The van der Waals surface area contributed by atoms with E-state index in [2.05, 4.69) is 10.3 Å². The van der Waals surface area contributed by atoms with Crippen molar-refractivity contribution in [1.82, 2.24) is 15.2 Å². The normalized spacial score (nSPS) is 16.9. The van der Waals surface area contributed by atoms with Crippen molar-refractivity contribution in [2.75, 3.05) is 26.2 Å². The highest BCUT2D eigenvalue weighted by Gasteiger charge is 2.33. The van der Waals surface area contributed by atoms with Crippen LogP contribution in [0.4, 0.5) is 13.2 Å². The number of halogens is 3. The van der Waals surface area contributed by atoms with Gasteiger partial charge in [0.25, 0.3) is 5.91 Å². The smallest absolute Gasteiger partial charge is 0.337 e. The number of hydrogen-bond donors (Lipinski definition) is 1. The third-order valence-electron chi connectivity index (χ3n) is 3.23. The van der Waals surface area contributed by atoms with Crippen LogP contribution in [0.5, 0.6) is 0 Å². The van der Waals surface area contributed by atoms with Gasteiger partial charge >= 0.3 is 6.18 Å². The number of amides is 1. The first-order valence-corrected chi connectivity index (χ1v) is 6.44. The Morgan fingerprint density at radius 1 is 1.30 bits per heavy atom. The summed E-state index contributed by atoms with van der Waals surface area (Å²) in [5.41, 5.74) is -0.619. The molecule has 1 fully saturated rings. The van der Waals surface area contributed by atoms with E-state index >= 15 is 0 Å². The van der Waals surface area contributed by atoms with E-state index < -0.39 is 11.9 Å². The molecule has 1 amide bonds.